The van der Waals surface area contributed by atoms with Gasteiger partial charge in [-0.25, -0.2) is 4.79 Å². The van der Waals surface area contributed by atoms with E-state index in [1.54, 1.807) is 58.2 Å². The highest BCUT2D eigenvalue weighted by molar-refractivity contribution is 7.98. The Hall–Kier alpha value is -5.81. The molecule has 0 aliphatic rings. The maximum absolute atomic E-state index is 13.8. The van der Waals surface area contributed by atoms with E-state index < -0.39 is 146 Å². The van der Waals surface area contributed by atoms with E-state index in [9.17, 15) is 63.3 Å². The van der Waals surface area contributed by atoms with Crippen molar-refractivity contribution < 1.29 is 63.3 Å². The molecule has 0 bridgehead atoms. The number of aliphatic carboxylic acids is 2. The molecule has 0 saturated carbocycles. The van der Waals surface area contributed by atoms with Gasteiger partial charge >= 0.3 is 11.9 Å². The standard InChI is InChI=1S/C39H61N9O13S/c1-6-21(4)32(38(59)44-25(14-15-62-5)34(55)45-26(17-28(41)50)36(57)46-27(19-49)39(60)61)48-35(56)24(12-13-30(52)53)43-29(51)18-42-37(58)31(20(2)3)47-33(54)23(40)16-22-10-8-7-9-11-22/h7-11,20-21,23-27,31-32,49H,6,12-19,40H2,1-5H3,(H2,41,50)(H,42,58)(H,43,51)(H,44,59)(H,45,55)(H,46,57)(H,47,54)(H,48,56)(H,52,53)(H,60,61)/t21-,23-,24-,25-,26-,27-,31-,32-/m0/s1. The van der Waals surface area contributed by atoms with Crippen LogP contribution >= 0.6 is 11.8 Å². The molecule has 0 heterocycles. The van der Waals surface area contributed by atoms with Crippen molar-refractivity contribution >= 4 is 71.0 Å². The monoisotopic (exact) mass is 895 g/mol. The highest BCUT2D eigenvalue weighted by Crippen LogP contribution is 2.12. The molecule has 0 radical (unpaired) electrons. The van der Waals surface area contributed by atoms with Gasteiger partial charge in [0, 0.05) is 6.42 Å². The van der Waals surface area contributed by atoms with Gasteiger partial charge in [-0.3, -0.25) is 43.2 Å². The predicted octanol–water partition coefficient (Wildman–Crippen LogP) is -3.15. The lowest BCUT2D eigenvalue weighted by Crippen LogP contribution is -2.60. The van der Waals surface area contributed by atoms with Crippen molar-refractivity contribution in [1.82, 2.24) is 37.2 Å². The summed E-state index contributed by atoms with van der Waals surface area (Å²) in [4.78, 5) is 127. The lowest BCUT2D eigenvalue weighted by atomic mass is 9.97. The van der Waals surface area contributed by atoms with Crippen molar-refractivity contribution in [3.8, 4) is 0 Å². The topological polar surface area (TPSA) is 368 Å². The predicted molar refractivity (Wildman–Crippen MR) is 225 cm³/mol. The Morgan fingerprint density at radius 2 is 1.24 bits per heavy atom. The fraction of sp³-hybridized carbons (Fsp3) is 0.590. The van der Waals surface area contributed by atoms with Gasteiger partial charge in [0.05, 0.1) is 25.6 Å². The van der Waals surface area contributed by atoms with E-state index in [0.29, 0.717) is 12.2 Å². The van der Waals surface area contributed by atoms with Crippen LogP contribution in [-0.2, 0) is 54.4 Å². The molecule has 0 fully saturated rings. The molecule has 0 unspecified atom stereocenters. The first kappa shape index (κ1) is 54.2. The molecule has 14 N–H and O–H groups in total. The number of carboxylic acid groups (broad SMARTS) is 2. The average molecular weight is 896 g/mol. The van der Waals surface area contributed by atoms with Crippen LogP contribution in [0.1, 0.15) is 65.4 Å². The van der Waals surface area contributed by atoms with Gasteiger partial charge in [-0.15, -0.1) is 0 Å². The van der Waals surface area contributed by atoms with Crippen LogP contribution in [0.5, 0.6) is 0 Å². The molecular weight excluding hydrogens is 835 g/mol. The molecule has 8 amide bonds. The summed E-state index contributed by atoms with van der Waals surface area (Å²) in [6, 6.07) is -0.807. The second-order valence-electron chi connectivity index (χ2n) is 14.8. The van der Waals surface area contributed by atoms with Crippen molar-refractivity contribution in [2.24, 2.45) is 23.3 Å². The zero-order chi connectivity index (χ0) is 47.1. The number of aliphatic hydroxyl groups excluding tert-OH is 1. The normalized spacial score (nSPS) is 14.8. The molecular formula is C39H61N9O13S. The number of aliphatic hydroxyl groups is 1. The number of carbonyl (C=O) groups excluding carboxylic acids is 8. The van der Waals surface area contributed by atoms with Crippen LogP contribution in [0.2, 0.25) is 0 Å². The number of carboxylic acids is 2. The molecule has 346 valence electrons. The summed E-state index contributed by atoms with van der Waals surface area (Å²) in [5.74, 6) is -10.9. The van der Waals surface area contributed by atoms with E-state index in [0.717, 1.165) is 5.56 Å². The summed E-state index contributed by atoms with van der Waals surface area (Å²) in [7, 11) is 0. The van der Waals surface area contributed by atoms with Crippen molar-refractivity contribution in [2.45, 2.75) is 109 Å². The number of amides is 8. The lowest BCUT2D eigenvalue weighted by Gasteiger charge is -2.29. The largest absolute Gasteiger partial charge is 0.481 e. The molecule has 0 aliphatic carbocycles. The van der Waals surface area contributed by atoms with Gasteiger partial charge in [0.2, 0.25) is 47.3 Å². The number of nitrogens with one attached hydrogen (secondary N) is 7. The minimum absolute atomic E-state index is 0.0237. The molecule has 0 aliphatic heterocycles. The fourth-order valence-electron chi connectivity index (χ4n) is 5.68. The number of hydrogen-bond donors (Lipinski definition) is 12. The Morgan fingerprint density at radius 1 is 0.694 bits per heavy atom. The number of hydrogen-bond acceptors (Lipinski definition) is 13. The third kappa shape index (κ3) is 19.7. The third-order valence-electron chi connectivity index (χ3n) is 9.48. The van der Waals surface area contributed by atoms with Gasteiger partial charge in [0.1, 0.15) is 36.3 Å². The maximum Gasteiger partial charge on any atom is 0.328 e. The Bertz CT molecular complexity index is 1720. The highest BCUT2D eigenvalue weighted by atomic mass is 32.2. The third-order valence-corrected chi connectivity index (χ3v) is 10.1. The van der Waals surface area contributed by atoms with Crippen molar-refractivity contribution in [1.29, 1.82) is 0 Å². The average Bonchev–Trinajstić information content (AvgIpc) is 3.21. The van der Waals surface area contributed by atoms with Crippen LogP contribution in [0, 0.1) is 11.8 Å². The molecule has 23 heteroatoms. The first-order valence-electron chi connectivity index (χ1n) is 19.9. The molecule has 1 aromatic carbocycles. The summed E-state index contributed by atoms with van der Waals surface area (Å²) in [5.41, 5.74) is 12.1. The second kappa shape index (κ2) is 27.9. The number of benzene rings is 1. The zero-order valence-corrected chi connectivity index (χ0v) is 36.3. The van der Waals surface area contributed by atoms with Gasteiger partial charge in [-0.1, -0.05) is 64.4 Å². The fourth-order valence-corrected chi connectivity index (χ4v) is 6.15. The van der Waals surface area contributed by atoms with E-state index in [1.807, 2.05) is 11.4 Å². The zero-order valence-electron chi connectivity index (χ0n) is 35.4. The summed E-state index contributed by atoms with van der Waals surface area (Å²) < 4.78 is 0. The highest BCUT2D eigenvalue weighted by Gasteiger charge is 2.35. The van der Waals surface area contributed by atoms with Gasteiger partial charge in [0.25, 0.3) is 0 Å². The van der Waals surface area contributed by atoms with Crippen LogP contribution in [0.25, 0.3) is 0 Å². The quantitative estimate of drug-likeness (QED) is 0.0378. The van der Waals surface area contributed by atoms with Crippen LogP contribution in [0.4, 0.5) is 0 Å². The van der Waals surface area contributed by atoms with E-state index in [-0.39, 0.29) is 12.8 Å². The number of thioether (sulfide) groups is 1. The van der Waals surface area contributed by atoms with E-state index in [4.69, 9.17) is 11.5 Å². The smallest absolute Gasteiger partial charge is 0.328 e. The summed E-state index contributed by atoms with van der Waals surface area (Å²) in [6.07, 6.45) is 0.418. The number of carbonyl (C=O) groups is 10. The van der Waals surface area contributed by atoms with Gasteiger partial charge < -0.3 is 64.0 Å². The van der Waals surface area contributed by atoms with Crippen molar-refractivity contribution in [2.75, 3.05) is 25.2 Å². The van der Waals surface area contributed by atoms with Crippen molar-refractivity contribution in [3.63, 3.8) is 0 Å². The number of primary amides is 1. The van der Waals surface area contributed by atoms with E-state index in [1.165, 1.54) is 11.8 Å². The van der Waals surface area contributed by atoms with Crippen LogP contribution in [0.15, 0.2) is 30.3 Å². The summed E-state index contributed by atoms with van der Waals surface area (Å²) in [6.45, 7) is 4.95. The Balaban J connectivity index is 3.17. The first-order chi connectivity index (χ1) is 29.1. The molecule has 0 aromatic heterocycles. The molecule has 22 nitrogen and oxygen atoms in total. The summed E-state index contributed by atoms with van der Waals surface area (Å²) in [5, 5.41) is 44.6. The summed E-state index contributed by atoms with van der Waals surface area (Å²) >= 11 is 1.30. The molecule has 0 spiro atoms. The van der Waals surface area contributed by atoms with Gasteiger partial charge in [-0.05, 0) is 48.7 Å². The second-order valence-corrected chi connectivity index (χ2v) is 15.8. The number of rotatable bonds is 29. The van der Waals surface area contributed by atoms with Gasteiger partial charge in [0.15, 0.2) is 0 Å². The minimum atomic E-state index is -1.77. The molecule has 8 atom stereocenters. The van der Waals surface area contributed by atoms with Crippen LogP contribution in [0.3, 0.4) is 0 Å². The number of nitrogens with two attached hydrogens (primary N) is 2. The Labute approximate surface area is 363 Å². The molecule has 1 rings (SSSR count). The SMILES string of the molecule is CC[C@H](C)[C@H](NC(=O)[C@H](CCC(=O)O)NC(=O)CNC(=O)[C@@H](NC(=O)[C@@H](N)Cc1ccccc1)C(C)C)C(=O)N[C@@H](CCSC)C(=O)N[C@@H](CC(N)=O)C(=O)N[C@@H](CO)C(=O)O. The molecule has 0 saturated heterocycles. The maximum atomic E-state index is 13.8. The van der Waals surface area contributed by atoms with E-state index in [2.05, 4.69) is 31.9 Å². The first-order valence-corrected chi connectivity index (χ1v) is 21.3. The van der Waals surface area contributed by atoms with Crippen LogP contribution < -0.4 is 48.7 Å². The minimum Gasteiger partial charge on any atom is -0.481 e. The molecule has 62 heavy (non-hydrogen) atoms. The van der Waals surface area contributed by atoms with Gasteiger partial charge in [-0.2, -0.15) is 11.8 Å². The Morgan fingerprint density at radius 3 is 1.77 bits per heavy atom. The van der Waals surface area contributed by atoms with E-state index >= 15 is 0 Å². The van der Waals surface area contributed by atoms with Crippen molar-refractivity contribution in [3.05, 3.63) is 35.9 Å². The Kier molecular flexibility index (Phi) is 24.4. The van der Waals surface area contributed by atoms with Crippen LogP contribution in [-0.4, -0.2) is 142 Å². The lowest BCUT2D eigenvalue weighted by molar-refractivity contribution is -0.143. The molecule has 1 aromatic rings.